The summed E-state index contributed by atoms with van der Waals surface area (Å²) in [6.07, 6.45) is 7.13. The average Bonchev–Trinajstić information content (AvgIpc) is 2.59. The molecule has 2 N–H and O–H groups in total. The molecule has 0 aliphatic carbocycles. The molecule has 2 aliphatic rings. The lowest BCUT2D eigenvalue weighted by molar-refractivity contribution is -0.996. The Morgan fingerprint density at radius 2 is 1.74 bits per heavy atom. The number of anilines is 1. The number of nitrogens with zero attached hydrogens (tertiary/aromatic N) is 1. The Kier molecular flexibility index (Phi) is 3.30. The number of rotatable bonds is 3. The van der Waals surface area contributed by atoms with Crippen LogP contribution in [-0.2, 0) is 6.54 Å². The van der Waals surface area contributed by atoms with Gasteiger partial charge in [-0.15, -0.1) is 0 Å². The van der Waals surface area contributed by atoms with Gasteiger partial charge in [0, 0.05) is 24.1 Å². The predicted octanol–water partition coefficient (Wildman–Crippen LogP) is 3.71. The molecule has 2 fully saturated rings. The number of hydrogen-bond donors (Lipinski definition) is 1. The van der Waals surface area contributed by atoms with E-state index in [1.165, 1.54) is 42.2 Å². The van der Waals surface area contributed by atoms with Crippen molar-refractivity contribution >= 4 is 5.69 Å². The van der Waals surface area contributed by atoms with Gasteiger partial charge in [0.2, 0.25) is 0 Å². The Hall–Kier alpha value is -1.02. The molecule has 2 nitrogen and oxygen atoms in total. The second-order valence-electron chi connectivity index (χ2n) is 6.76. The van der Waals surface area contributed by atoms with Gasteiger partial charge < -0.3 is 10.2 Å². The molecule has 1 aromatic carbocycles. The van der Waals surface area contributed by atoms with Crippen molar-refractivity contribution < 1.29 is 4.48 Å². The maximum absolute atomic E-state index is 6.20. The van der Waals surface area contributed by atoms with Crippen LogP contribution >= 0.6 is 0 Å². The third-order valence-corrected chi connectivity index (χ3v) is 5.73. The van der Waals surface area contributed by atoms with Gasteiger partial charge in [0.1, 0.15) is 6.54 Å². The van der Waals surface area contributed by atoms with Crippen LogP contribution in [0.3, 0.4) is 0 Å². The summed E-state index contributed by atoms with van der Waals surface area (Å²) in [7, 11) is 0. The standard InChI is InChI=1S/C17H27N2/c1-13(2)19(12-14-6-3-4-9-17(14)18)15-7-5-8-16(19)11-10-15/h3-4,6,9,13,15-16H,5,7-8,10-12,18H2,1-2H3/q+1. The van der Waals surface area contributed by atoms with Crippen LogP contribution in [0.5, 0.6) is 0 Å². The Morgan fingerprint density at radius 3 is 2.32 bits per heavy atom. The molecule has 2 bridgehead atoms. The van der Waals surface area contributed by atoms with Crippen LogP contribution in [0.15, 0.2) is 24.3 Å². The van der Waals surface area contributed by atoms with E-state index >= 15 is 0 Å². The molecule has 0 spiro atoms. The minimum absolute atomic E-state index is 0.706. The molecule has 2 saturated heterocycles. The lowest BCUT2D eigenvalue weighted by atomic mass is 9.94. The minimum Gasteiger partial charge on any atom is -0.398 e. The highest BCUT2D eigenvalue weighted by Gasteiger charge is 2.53. The number of para-hydroxylation sites is 1. The third kappa shape index (κ3) is 1.97. The molecule has 3 rings (SSSR count). The zero-order valence-corrected chi connectivity index (χ0v) is 12.3. The van der Waals surface area contributed by atoms with Crippen LogP contribution < -0.4 is 5.73 Å². The fourth-order valence-electron chi connectivity index (χ4n) is 4.78. The molecule has 0 radical (unpaired) electrons. The van der Waals surface area contributed by atoms with Crippen molar-refractivity contribution in [2.45, 2.75) is 70.6 Å². The SMILES string of the molecule is CC(C)[N+]1(Cc2ccccc2N)C2CCCC1CC2. The average molecular weight is 259 g/mol. The molecule has 0 amide bonds. The van der Waals surface area contributed by atoms with Gasteiger partial charge in [-0.3, -0.25) is 0 Å². The van der Waals surface area contributed by atoms with Crippen molar-refractivity contribution in [1.29, 1.82) is 0 Å². The normalized spacial score (nSPS) is 33.8. The van der Waals surface area contributed by atoms with Crippen LogP contribution in [0, 0.1) is 0 Å². The molecule has 0 saturated carbocycles. The van der Waals surface area contributed by atoms with Crippen LogP contribution in [0.4, 0.5) is 5.69 Å². The monoisotopic (exact) mass is 259 g/mol. The summed E-state index contributed by atoms with van der Waals surface area (Å²) in [6, 6.07) is 10.9. The van der Waals surface area contributed by atoms with Crippen molar-refractivity contribution in [2.75, 3.05) is 5.73 Å². The van der Waals surface area contributed by atoms with E-state index in [-0.39, 0.29) is 0 Å². The summed E-state index contributed by atoms with van der Waals surface area (Å²) >= 11 is 0. The van der Waals surface area contributed by atoms with E-state index in [4.69, 9.17) is 5.73 Å². The molecule has 2 aliphatic heterocycles. The first-order chi connectivity index (χ1) is 9.14. The number of nitrogen functional groups attached to an aromatic ring is 1. The number of nitrogens with two attached hydrogens (primary N) is 1. The van der Waals surface area contributed by atoms with E-state index in [9.17, 15) is 0 Å². The quantitative estimate of drug-likeness (QED) is 0.650. The summed E-state index contributed by atoms with van der Waals surface area (Å²) in [5, 5.41) is 0. The van der Waals surface area contributed by atoms with Gasteiger partial charge in [-0.2, -0.15) is 0 Å². The number of piperidine rings is 1. The topological polar surface area (TPSA) is 26.0 Å². The Bertz CT molecular complexity index is 436. The Balaban J connectivity index is 1.96. The van der Waals surface area contributed by atoms with Crippen molar-refractivity contribution in [1.82, 2.24) is 0 Å². The molecular formula is C17H27N2+. The van der Waals surface area contributed by atoms with Crippen molar-refractivity contribution in [3.05, 3.63) is 29.8 Å². The van der Waals surface area contributed by atoms with E-state index in [2.05, 4.69) is 32.0 Å². The Labute approximate surface area is 117 Å². The maximum Gasteiger partial charge on any atom is 0.107 e. The highest BCUT2D eigenvalue weighted by Crippen LogP contribution is 2.46. The molecule has 2 unspecified atom stereocenters. The number of quaternary nitrogens is 1. The van der Waals surface area contributed by atoms with Gasteiger partial charge >= 0.3 is 0 Å². The summed E-state index contributed by atoms with van der Waals surface area (Å²) < 4.78 is 1.30. The summed E-state index contributed by atoms with van der Waals surface area (Å²) in [6.45, 7) is 5.96. The van der Waals surface area contributed by atoms with Gasteiger partial charge in [0.25, 0.3) is 0 Å². The summed E-state index contributed by atoms with van der Waals surface area (Å²) in [5.74, 6) is 0. The Morgan fingerprint density at radius 1 is 1.11 bits per heavy atom. The number of fused-ring (bicyclic) bond motifs is 2. The van der Waals surface area contributed by atoms with Gasteiger partial charge in [-0.05, 0) is 39.2 Å². The molecule has 104 valence electrons. The number of hydrogen-bond acceptors (Lipinski definition) is 1. The van der Waals surface area contributed by atoms with Crippen molar-refractivity contribution in [3.63, 3.8) is 0 Å². The largest absolute Gasteiger partial charge is 0.398 e. The zero-order chi connectivity index (χ0) is 13.5. The number of benzene rings is 1. The fraction of sp³-hybridized carbons (Fsp3) is 0.647. The second kappa shape index (κ2) is 4.82. The van der Waals surface area contributed by atoms with Gasteiger partial charge in [-0.25, -0.2) is 0 Å². The van der Waals surface area contributed by atoms with Gasteiger partial charge in [0.05, 0.1) is 18.1 Å². The molecule has 0 aromatic heterocycles. The highest BCUT2D eigenvalue weighted by atomic mass is 15.4. The first-order valence-electron chi connectivity index (χ1n) is 7.85. The van der Waals surface area contributed by atoms with E-state index < -0.39 is 0 Å². The summed E-state index contributed by atoms with van der Waals surface area (Å²) in [4.78, 5) is 0. The molecular weight excluding hydrogens is 232 g/mol. The van der Waals surface area contributed by atoms with Crippen molar-refractivity contribution in [2.24, 2.45) is 0 Å². The third-order valence-electron chi connectivity index (χ3n) is 5.73. The lowest BCUT2D eigenvalue weighted by Crippen LogP contribution is -2.62. The van der Waals surface area contributed by atoms with E-state index in [1.54, 1.807) is 0 Å². The maximum atomic E-state index is 6.20. The lowest BCUT2D eigenvalue weighted by Gasteiger charge is -2.51. The molecule has 2 atom stereocenters. The van der Waals surface area contributed by atoms with Crippen LogP contribution in [0.25, 0.3) is 0 Å². The predicted molar refractivity (Wildman–Crippen MR) is 80.6 cm³/mol. The smallest absolute Gasteiger partial charge is 0.107 e. The molecule has 2 heteroatoms. The van der Waals surface area contributed by atoms with Gasteiger partial charge in [-0.1, -0.05) is 18.2 Å². The fourth-order valence-corrected chi connectivity index (χ4v) is 4.78. The van der Waals surface area contributed by atoms with Crippen molar-refractivity contribution in [3.8, 4) is 0 Å². The molecule has 1 aromatic rings. The second-order valence-corrected chi connectivity index (χ2v) is 6.76. The molecule has 2 heterocycles. The van der Waals surface area contributed by atoms with Crippen LogP contribution in [0.2, 0.25) is 0 Å². The summed E-state index contributed by atoms with van der Waals surface area (Å²) in [5.41, 5.74) is 8.53. The highest BCUT2D eigenvalue weighted by molar-refractivity contribution is 5.45. The minimum atomic E-state index is 0.706. The zero-order valence-electron chi connectivity index (χ0n) is 12.3. The van der Waals surface area contributed by atoms with Gasteiger partial charge in [0.15, 0.2) is 0 Å². The van der Waals surface area contributed by atoms with Crippen LogP contribution in [-0.4, -0.2) is 22.6 Å². The van der Waals surface area contributed by atoms with Crippen LogP contribution in [0.1, 0.15) is 51.5 Å². The van der Waals surface area contributed by atoms with E-state index in [1.807, 2.05) is 6.07 Å². The molecule has 19 heavy (non-hydrogen) atoms. The first-order valence-corrected chi connectivity index (χ1v) is 7.85. The van der Waals surface area contributed by atoms with E-state index in [0.717, 1.165) is 24.3 Å². The van der Waals surface area contributed by atoms with E-state index in [0.29, 0.717) is 6.04 Å². The first kappa shape index (κ1) is 13.0.